The van der Waals surface area contributed by atoms with E-state index < -0.39 is 10.0 Å². The van der Waals surface area contributed by atoms with Crippen molar-refractivity contribution in [3.05, 3.63) is 29.8 Å². The monoisotopic (exact) mass is 285 g/mol. The Balaban J connectivity index is 2.67. The third kappa shape index (κ3) is 4.91. The molecule has 19 heavy (non-hydrogen) atoms. The van der Waals surface area contributed by atoms with Crippen LogP contribution in [0.25, 0.3) is 0 Å². The lowest BCUT2D eigenvalue weighted by atomic mass is 10.1. The Morgan fingerprint density at radius 3 is 2.37 bits per heavy atom. The summed E-state index contributed by atoms with van der Waals surface area (Å²) in [5, 5.41) is 0. The molecule has 0 spiro atoms. The van der Waals surface area contributed by atoms with Gasteiger partial charge in [0.05, 0.1) is 4.90 Å². The van der Waals surface area contributed by atoms with Gasteiger partial charge in [-0.15, -0.1) is 0 Å². The zero-order valence-electron chi connectivity index (χ0n) is 11.8. The Bertz CT molecular complexity index is 483. The zero-order valence-corrected chi connectivity index (χ0v) is 12.6. The van der Waals surface area contributed by atoms with Crippen molar-refractivity contribution < 1.29 is 8.42 Å². The van der Waals surface area contributed by atoms with Crippen LogP contribution in [0.2, 0.25) is 0 Å². The lowest BCUT2D eigenvalue weighted by molar-refractivity contribution is 0.358. The summed E-state index contributed by atoms with van der Waals surface area (Å²) in [6.07, 6.45) is 0. The molecule has 0 aromatic heterocycles. The number of nitrogens with two attached hydrogens (primary N) is 1. The molecule has 0 fully saturated rings. The van der Waals surface area contributed by atoms with Crippen molar-refractivity contribution in [2.24, 2.45) is 5.73 Å². The minimum Gasteiger partial charge on any atom is -0.324 e. The van der Waals surface area contributed by atoms with Crippen LogP contribution in [0, 0.1) is 0 Å². The predicted octanol–water partition coefficient (Wildman–Crippen LogP) is 0.936. The zero-order chi connectivity index (χ0) is 14.5. The molecular weight excluding hydrogens is 262 g/mol. The van der Waals surface area contributed by atoms with Crippen LogP contribution in [-0.2, 0) is 10.0 Å². The maximum Gasteiger partial charge on any atom is 0.240 e. The lowest BCUT2D eigenvalue weighted by Crippen LogP contribution is -2.32. The predicted molar refractivity (Wildman–Crippen MR) is 77.4 cm³/mol. The number of likely N-dealkylation sites (N-methyl/N-ethyl adjacent to an activating group) is 1. The van der Waals surface area contributed by atoms with E-state index in [0.29, 0.717) is 13.1 Å². The van der Waals surface area contributed by atoms with Crippen LogP contribution in [0.15, 0.2) is 29.2 Å². The maximum atomic E-state index is 12.0. The molecule has 0 radical (unpaired) electrons. The molecule has 1 aromatic carbocycles. The van der Waals surface area contributed by atoms with Gasteiger partial charge in [0.1, 0.15) is 0 Å². The summed E-state index contributed by atoms with van der Waals surface area (Å²) in [5.74, 6) is 0. The Labute approximate surface area is 115 Å². The van der Waals surface area contributed by atoms with E-state index in [0.717, 1.165) is 12.1 Å². The van der Waals surface area contributed by atoms with Crippen LogP contribution < -0.4 is 10.5 Å². The molecular formula is C13H23N3O2S. The van der Waals surface area contributed by atoms with Gasteiger partial charge >= 0.3 is 0 Å². The number of sulfonamides is 1. The van der Waals surface area contributed by atoms with E-state index in [9.17, 15) is 8.42 Å². The van der Waals surface area contributed by atoms with Gasteiger partial charge in [0.25, 0.3) is 0 Å². The van der Waals surface area contributed by atoms with Crippen LogP contribution in [0.3, 0.4) is 0 Å². The molecule has 1 atom stereocenters. The van der Waals surface area contributed by atoms with E-state index in [1.54, 1.807) is 24.3 Å². The Morgan fingerprint density at radius 1 is 1.32 bits per heavy atom. The number of rotatable bonds is 7. The topological polar surface area (TPSA) is 75.4 Å². The van der Waals surface area contributed by atoms with Crippen LogP contribution in [0.5, 0.6) is 0 Å². The molecule has 1 rings (SSSR count). The normalized spacial score (nSPS) is 13.7. The van der Waals surface area contributed by atoms with Crippen LogP contribution in [0.1, 0.15) is 25.5 Å². The van der Waals surface area contributed by atoms with Gasteiger partial charge in [-0.1, -0.05) is 19.1 Å². The number of benzene rings is 1. The third-order valence-corrected chi connectivity index (χ3v) is 4.52. The molecule has 5 nitrogen and oxygen atoms in total. The number of hydrogen-bond acceptors (Lipinski definition) is 4. The quantitative estimate of drug-likeness (QED) is 0.781. The van der Waals surface area contributed by atoms with Gasteiger partial charge in [0, 0.05) is 19.1 Å². The molecule has 0 saturated carbocycles. The Hall–Kier alpha value is -0.950. The maximum absolute atomic E-state index is 12.0. The van der Waals surface area contributed by atoms with E-state index in [1.807, 2.05) is 25.8 Å². The number of nitrogens with zero attached hydrogens (tertiary/aromatic N) is 1. The lowest BCUT2D eigenvalue weighted by Gasteiger charge is -2.14. The van der Waals surface area contributed by atoms with Gasteiger partial charge < -0.3 is 10.6 Å². The highest BCUT2D eigenvalue weighted by Gasteiger charge is 2.13. The van der Waals surface area contributed by atoms with E-state index in [1.165, 1.54) is 0 Å². The molecule has 0 saturated heterocycles. The summed E-state index contributed by atoms with van der Waals surface area (Å²) in [6.45, 7) is 5.88. The van der Waals surface area contributed by atoms with Crippen LogP contribution in [-0.4, -0.2) is 40.0 Å². The van der Waals surface area contributed by atoms with Crippen molar-refractivity contribution in [1.82, 2.24) is 9.62 Å². The van der Waals surface area contributed by atoms with Crippen molar-refractivity contribution in [3.63, 3.8) is 0 Å². The van der Waals surface area contributed by atoms with E-state index in [2.05, 4.69) is 4.72 Å². The second-order valence-electron chi connectivity index (χ2n) is 4.65. The highest BCUT2D eigenvalue weighted by Crippen LogP contribution is 2.14. The van der Waals surface area contributed by atoms with Crippen molar-refractivity contribution in [2.45, 2.75) is 24.8 Å². The average Bonchev–Trinajstić information content (AvgIpc) is 2.38. The smallest absolute Gasteiger partial charge is 0.240 e. The minimum absolute atomic E-state index is 0.0945. The fourth-order valence-corrected chi connectivity index (χ4v) is 2.58. The highest BCUT2D eigenvalue weighted by atomic mass is 32.2. The molecule has 1 unspecified atom stereocenters. The van der Waals surface area contributed by atoms with E-state index in [-0.39, 0.29) is 10.9 Å². The van der Waals surface area contributed by atoms with Crippen molar-refractivity contribution in [1.29, 1.82) is 0 Å². The first-order valence-electron chi connectivity index (χ1n) is 6.40. The first kappa shape index (κ1) is 16.1. The Morgan fingerprint density at radius 2 is 1.89 bits per heavy atom. The van der Waals surface area contributed by atoms with Gasteiger partial charge in [-0.3, -0.25) is 0 Å². The summed E-state index contributed by atoms with van der Waals surface area (Å²) in [5.41, 5.74) is 6.65. The van der Waals surface area contributed by atoms with Gasteiger partial charge in [-0.05, 0) is 38.2 Å². The molecule has 0 bridgehead atoms. The van der Waals surface area contributed by atoms with Crippen LogP contribution >= 0.6 is 0 Å². The number of hydrogen-bond donors (Lipinski definition) is 2. The minimum atomic E-state index is -3.42. The third-order valence-electron chi connectivity index (χ3n) is 3.04. The van der Waals surface area contributed by atoms with Crippen molar-refractivity contribution in [2.75, 3.05) is 26.7 Å². The van der Waals surface area contributed by atoms with Gasteiger partial charge in [0.2, 0.25) is 10.0 Å². The summed E-state index contributed by atoms with van der Waals surface area (Å²) < 4.78 is 26.6. The Kier molecular flexibility index (Phi) is 5.93. The van der Waals surface area contributed by atoms with Crippen molar-refractivity contribution >= 4 is 10.0 Å². The van der Waals surface area contributed by atoms with E-state index >= 15 is 0 Å². The van der Waals surface area contributed by atoms with Gasteiger partial charge in [0.15, 0.2) is 0 Å². The molecule has 108 valence electrons. The fraction of sp³-hybridized carbons (Fsp3) is 0.538. The second kappa shape index (κ2) is 7.00. The molecule has 3 N–H and O–H groups in total. The standard InChI is InChI=1S/C13H23N3O2S/c1-4-16(3)10-9-15-19(17,18)13-7-5-12(6-8-13)11(2)14/h5-8,11,15H,4,9-10,14H2,1-3H3. The first-order chi connectivity index (χ1) is 8.86. The molecule has 0 aliphatic heterocycles. The second-order valence-corrected chi connectivity index (χ2v) is 6.42. The molecule has 0 amide bonds. The molecule has 0 aliphatic rings. The largest absolute Gasteiger partial charge is 0.324 e. The molecule has 6 heteroatoms. The summed E-state index contributed by atoms with van der Waals surface area (Å²) in [7, 11) is -1.47. The average molecular weight is 285 g/mol. The molecule has 1 aromatic rings. The number of nitrogens with one attached hydrogen (secondary N) is 1. The molecule has 0 heterocycles. The van der Waals surface area contributed by atoms with E-state index in [4.69, 9.17) is 5.73 Å². The highest BCUT2D eigenvalue weighted by molar-refractivity contribution is 7.89. The SMILES string of the molecule is CCN(C)CCNS(=O)(=O)c1ccc(C(C)N)cc1. The molecule has 0 aliphatic carbocycles. The van der Waals surface area contributed by atoms with Crippen molar-refractivity contribution in [3.8, 4) is 0 Å². The summed E-state index contributed by atoms with van der Waals surface area (Å²) in [6, 6.07) is 6.58. The van der Waals surface area contributed by atoms with Crippen LogP contribution in [0.4, 0.5) is 0 Å². The first-order valence-corrected chi connectivity index (χ1v) is 7.89. The van der Waals surface area contributed by atoms with Gasteiger partial charge in [-0.25, -0.2) is 13.1 Å². The summed E-state index contributed by atoms with van der Waals surface area (Å²) in [4.78, 5) is 2.32. The van der Waals surface area contributed by atoms with Gasteiger partial charge in [-0.2, -0.15) is 0 Å². The fourth-order valence-electron chi connectivity index (χ4n) is 1.56. The summed E-state index contributed by atoms with van der Waals surface area (Å²) >= 11 is 0.